The van der Waals surface area contributed by atoms with Gasteiger partial charge in [-0.15, -0.1) is 0 Å². The van der Waals surface area contributed by atoms with E-state index in [9.17, 15) is 4.39 Å². The SMILES string of the molecule is CONCc1cc(F)cc(Br)c1OC. The number of hydroxylamine groups is 1. The van der Waals surface area contributed by atoms with Crippen LogP contribution in [0, 0.1) is 5.82 Å². The van der Waals surface area contributed by atoms with Gasteiger partial charge in [0.15, 0.2) is 0 Å². The van der Waals surface area contributed by atoms with Gasteiger partial charge < -0.3 is 9.57 Å². The molecule has 0 radical (unpaired) electrons. The fourth-order valence-electron chi connectivity index (χ4n) is 1.12. The zero-order chi connectivity index (χ0) is 10.6. The van der Waals surface area contributed by atoms with E-state index in [1.165, 1.54) is 26.4 Å². The molecule has 0 heterocycles. The molecule has 0 fully saturated rings. The highest BCUT2D eigenvalue weighted by atomic mass is 79.9. The van der Waals surface area contributed by atoms with Crippen LogP contribution >= 0.6 is 15.9 Å². The molecule has 0 aliphatic heterocycles. The molecule has 0 saturated heterocycles. The van der Waals surface area contributed by atoms with Gasteiger partial charge in [0.05, 0.1) is 18.7 Å². The Labute approximate surface area is 90.3 Å². The number of rotatable bonds is 4. The summed E-state index contributed by atoms with van der Waals surface area (Å²) in [4.78, 5) is 4.68. The maximum absolute atomic E-state index is 13.0. The summed E-state index contributed by atoms with van der Waals surface area (Å²) in [6.45, 7) is 0.385. The minimum Gasteiger partial charge on any atom is -0.495 e. The molecular weight excluding hydrogens is 253 g/mol. The van der Waals surface area contributed by atoms with Crippen molar-refractivity contribution in [2.75, 3.05) is 14.2 Å². The number of methoxy groups -OCH3 is 1. The van der Waals surface area contributed by atoms with Gasteiger partial charge >= 0.3 is 0 Å². The lowest BCUT2D eigenvalue weighted by Gasteiger charge is -2.10. The lowest BCUT2D eigenvalue weighted by Crippen LogP contribution is -2.12. The Morgan fingerprint density at radius 2 is 2.14 bits per heavy atom. The highest BCUT2D eigenvalue weighted by molar-refractivity contribution is 9.10. The van der Waals surface area contributed by atoms with Crippen molar-refractivity contribution in [3.8, 4) is 5.75 Å². The van der Waals surface area contributed by atoms with Gasteiger partial charge in [0.25, 0.3) is 0 Å². The average molecular weight is 264 g/mol. The highest BCUT2D eigenvalue weighted by Gasteiger charge is 2.09. The molecule has 1 N–H and O–H groups in total. The zero-order valence-corrected chi connectivity index (χ0v) is 9.52. The molecule has 0 unspecified atom stereocenters. The molecule has 0 spiro atoms. The summed E-state index contributed by atoms with van der Waals surface area (Å²) in [6.07, 6.45) is 0. The zero-order valence-electron chi connectivity index (χ0n) is 7.93. The Kier molecular flexibility index (Phi) is 4.31. The molecule has 78 valence electrons. The van der Waals surface area contributed by atoms with Crippen LogP contribution in [0.25, 0.3) is 0 Å². The Balaban J connectivity index is 2.99. The van der Waals surface area contributed by atoms with Crippen LogP contribution in [0.2, 0.25) is 0 Å². The standard InChI is InChI=1S/C9H11BrFNO2/c1-13-9-6(5-12-14-2)3-7(11)4-8(9)10/h3-4,12H,5H2,1-2H3. The van der Waals surface area contributed by atoms with E-state index in [1.807, 2.05) is 0 Å². The van der Waals surface area contributed by atoms with Gasteiger partial charge in [-0.2, -0.15) is 5.48 Å². The van der Waals surface area contributed by atoms with Crippen molar-refractivity contribution in [1.29, 1.82) is 0 Å². The Bertz CT molecular complexity index is 320. The average Bonchev–Trinajstić information content (AvgIpc) is 2.14. The molecular formula is C9H11BrFNO2. The van der Waals surface area contributed by atoms with Gasteiger partial charge in [-0.1, -0.05) is 0 Å². The van der Waals surface area contributed by atoms with E-state index >= 15 is 0 Å². The van der Waals surface area contributed by atoms with Gasteiger partial charge in [0.1, 0.15) is 11.6 Å². The van der Waals surface area contributed by atoms with Crippen LogP contribution in [0.3, 0.4) is 0 Å². The largest absolute Gasteiger partial charge is 0.495 e. The van der Waals surface area contributed by atoms with E-state index in [1.54, 1.807) is 0 Å². The van der Waals surface area contributed by atoms with E-state index in [4.69, 9.17) is 4.74 Å². The third-order valence-corrected chi connectivity index (χ3v) is 2.29. The summed E-state index contributed by atoms with van der Waals surface area (Å²) in [6, 6.07) is 2.75. The van der Waals surface area contributed by atoms with Crippen molar-refractivity contribution in [3.63, 3.8) is 0 Å². The summed E-state index contributed by atoms with van der Waals surface area (Å²) in [5, 5.41) is 0. The van der Waals surface area contributed by atoms with Gasteiger partial charge in [0.2, 0.25) is 0 Å². The molecule has 0 bridgehead atoms. The van der Waals surface area contributed by atoms with E-state index in [0.29, 0.717) is 22.3 Å². The smallest absolute Gasteiger partial charge is 0.137 e. The molecule has 0 aromatic heterocycles. The lowest BCUT2D eigenvalue weighted by atomic mass is 10.2. The highest BCUT2D eigenvalue weighted by Crippen LogP contribution is 2.29. The van der Waals surface area contributed by atoms with E-state index in [-0.39, 0.29) is 5.82 Å². The Morgan fingerprint density at radius 3 is 2.71 bits per heavy atom. The molecule has 0 aliphatic rings. The maximum atomic E-state index is 13.0. The molecule has 0 aliphatic carbocycles. The quantitative estimate of drug-likeness (QED) is 0.846. The van der Waals surface area contributed by atoms with Crippen molar-refractivity contribution in [3.05, 3.63) is 28.0 Å². The summed E-state index contributed by atoms with van der Waals surface area (Å²) in [5.41, 5.74) is 3.32. The first kappa shape index (κ1) is 11.4. The molecule has 14 heavy (non-hydrogen) atoms. The predicted molar refractivity (Wildman–Crippen MR) is 54.5 cm³/mol. The third kappa shape index (κ3) is 2.67. The number of halogens is 2. The summed E-state index contributed by atoms with van der Waals surface area (Å²) >= 11 is 3.22. The third-order valence-electron chi connectivity index (χ3n) is 1.70. The van der Waals surface area contributed by atoms with Crippen molar-refractivity contribution in [2.45, 2.75) is 6.54 Å². The minimum absolute atomic E-state index is 0.314. The van der Waals surface area contributed by atoms with Gasteiger partial charge in [-0.3, -0.25) is 0 Å². The van der Waals surface area contributed by atoms with Crippen molar-refractivity contribution in [1.82, 2.24) is 5.48 Å². The van der Waals surface area contributed by atoms with Gasteiger partial charge in [-0.05, 0) is 28.1 Å². The molecule has 5 heteroatoms. The topological polar surface area (TPSA) is 30.5 Å². The molecule has 1 rings (SSSR count). The molecule has 0 atom stereocenters. The lowest BCUT2D eigenvalue weighted by molar-refractivity contribution is 0.0860. The van der Waals surface area contributed by atoms with E-state index in [2.05, 4.69) is 26.2 Å². The number of hydrogen-bond donors (Lipinski definition) is 1. The van der Waals surface area contributed by atoms with Crippen molar-refractivity contribution in [2.24, 2.45) is 0 Å². The molecule has 3 nitrogen and oxygen atoms in total. The molecule has 0 saturated carbocycles. The summed E-state index contributed by atoms with van der Waals surface area (Å²) < 4.78 is 18.7. The second kappa shape index (κ2) is 5.29. The van der Waals surface area contributed by atoms with Crippen LogP contribution in [-0.2, 0) is 11.4 Å². The van der Waals surface area contributed by atoms with Gasteiger partial charge in [0, 0.05) is 12.1 Å². The van der Waals surface area contributed by atoms with Gasteiger partial charge in [-0.25, -0.2) is 4.39 Å². The molecule has 1 aromatic rings. The summed E-state index contributed by atoms with van der Waals surface area (Å²) in [7, 11) is 3.04. The second-order valence-electron chi connectivity index (χ2n) is 2.61. The number of hydrogen-bond acceptors (Lipinski definition) is 3. The van der Waals surface area contributed by atoms with E-state index in [0.717, 1.165) is 0 Å². The molecule has 0 amide bonds. The number of nitrogens with one attached hydrogen (secondary N) is 1. The second-order valence-corrected chi connectivity index (χ2v) is 3.46. The summed E-state index contributed by atoms with van der Waals surface area (Å²) in [5.74, 6) is 0.293. The molecule has 1 aromatic carbocycles. The van der Waals surface area contributed by atoms with Crippen LogP contribution in [0.4, 0.5) is 4.39 Å². The predicted octanol–water partition coefficient (Wildman–Crippen LogP) is 2.25. The first-order valence-corrected chi connectivity index (χ1v) is 4.76. The minimum atomic E-state index is -0.314. The van der Waals surface area contributed by atoms with Crippen LogP contribution in [0.1, 0.15) is 5.56 Å². The van der Waals surface area contributed by atoms with Crippen molar-refractivity contribution >= 4 is 15.9 Å². The monoisotopic (exact) mass is 263 g/mol. The van der Waals surface area contributed by atoms with E-state index < -0.39 is 0 Å². The Morgan fingerprint density at radius 1 is 1.43 bits per heavy atom. The fourth-order valence-corrected chi connectivity index (χ4v) is 1.76. The maximum Gasteiger partial charge on any atom is 0.137 e. The van der Waals surface area contributed by atoms with Crippen LogP contribution in [-0.4, -0.2) is 14.2 Å². The number of benzene rings is 1. The van der Waals surface area contributed by atoms with Crippen LogP contribution in [0.15, 0.2) is 16.6 Å². The number of ether oxygens (including phenoxy) is 1. The van der Waals surface area contributed by atoms with Crippen LogP contribution in [0.5, 0.6) is 5.75 Å². The first-order valence-electron chi connectivity index (χ1n) is 3.96. The fraction of sp³-hybridized carbons (Fsp3) is 0.333. The van der Waals surface area contributed by atoms with Crippen LogP contribution < -0.4 is 10.2 Å². The Hall–Kier alpha value is -0.650. The first-order chi connectivity index (χ1) is 6.69. The van der Waals surface area contributed by atoms with Crippen molar-refractivity contribution < 1.29 is 14.0 Å². The normalized spacial score (nSPS) is 10.3.